The van der Waals surface area contributed by atoms with Crippen molar-refractivity contribution in [2.24, 2.45) is 0 Å². The maximum Gasteiger partial charge on any atom is 0.271 e. The number of benzene rings is 2. The Kier molecular flexibility index (Phi) is 2.64. The zero-order chi connectivity index (χ0) is 14.3. The second kappa shape index (κ2) is 4.34. The fourth-order valence-corrected chi connectivity index (χ4v) is 1.93. The molecule has 1 aromatic heterocycles. The highest BCUT2D eigenvalue weighted by Gasteiger charge is 2.13. The van der Waals surface area contributed by atoms with Gasteiger partial charge in [0, 0.05) is 23.4 Å². The Morgan fingerprint density at radius 1 is 1.25 bits per heavy atom. The van der Waals surface area contributed by atoms with Crippen molar-refractivity contribution in [3.05, 3.63) is 52.1 Å². The Labute approximate surface area is 114 Å². The lowest BCUT2D eigenvalue weighted by atomic mass is 10.1. The second-order valence-corrected chi connectivity index (χ2v) is 4.50. The van der Waals surface area contributed by atoms with Crippen LogP contribution in [0.2, 0.25) is 0 Å². The summed E-state index contributed by atoms with van der Waals surface area (Å²) in [6.45, 7) is 1.91. The van der Waals surface area contributed by atoms with Crippen LogP contribution in [0, 0.1) is 17.0 Å². The normalized spacial score (nSPS) is 10.8. The molecule has 0 amide bonds. The molecule has 0 atom stereocenters. The van der Waals surface area contributed by atoms with Crippen LogP contribution in [0.3, 0.4) is 0 Å². The molecule has 0 aliphatic heterocycles. The molecule has 2 aromatic carbocycles. The maximum atomic E-state index is 10.7. The molecule has 3 rings (SSSR count). The van der Waals surface area contributed by atoms with Crippen LogP contribution in [0.25, 0.3) is 22.6 Å². The summed E-state index contributed by atoms with van der Waals surface area (Å²) in [5.74, 6) is 0.396. The van der Waals surface area contributed by atoms with Gasteiger partial charge in [-0.15, -0.1) is 0 Å². The molecular formula is C14H11N3O3. The molecule has 20 heavy (non-hydrogen) atoms. The number of fused-ring (bicyclic) bond motifs is 1. The van der Waals surface area contributed by atoms with Crippen LogP contribution < -0.4 is 5.73 Å². The molecule has 0 aliphatic carbocycles. The molecule has 1 heterocycles. The van der Waals surface area contributed by atoms with Gasteiger partial charge in [-0.2, -0.15) is 0 Å². The van der Waals surface area contributed by atoms with Gasteiger partial charge >= 0.3 is 0 Å². The van der Waals surface area contributed by atoms with E-state index in [1.54, 1.807) is 12.1 Å². The molecule has 100 valence electrons. The van der Waals surface area contributed by atoms with Crippen LogP contribution in [0.4, 0.5) is 11.4 Å². The smallest absolute Gasteiger partial charge is 0.271 e. The van der Waals surface area contributed by atoms with Crippen LogP contribution in [-0.2, 0) is 0 Å². The predicted molar refractivity (Wildman–Crippen MR) is 75.2 cm³/mol. The van der Waals surface area contributed by atoms with E-state index in [0.29, 0.717) is 22.7 Å². The average Bonchev–Trinajstić information content (AvgIpc) is 2.84. The molecule has 0 saturated carbocycles. The number of non-ortho nitro benzene ring substituents is 1. The Hall–Kier alpha value is -2.89. The Morgan fingerprint density at radius 2 is 2.05 bits per heavy atom. The number of nitrogens with zero attached hydrogens (tertiary/aromatic N) is 2. The number of hydrogen-bond acceptors (Lipinski definition) is 5. The molecule has 0 spiro atoms. The topological polar surface area (TPSA) is 95.2 Å². The number of nitrogens with two attached hydrogens (primary N) is 1. The molecule has 0 fully saturated rings. The zero-order valence-corrected chi connectivity index (χ0v) is 10.7. The van der Waals surface area contributed by atoms with Crippen LogP contribution in [0.15, 0.2) is 40.8 Å². The lowest BCUT2D eigenvalue weighted by molar-refractivity contribution is -0.384. The number of nitrogen functional groups attached to an aromatic ring is 1. The number of rotatable bonds is 2. The highest BCUT2D eigenvalue weighted by Crippen LogP contribution is 2.28. The number of oxazole rings is 1. The van der Waals surface area contributed by atoms with Crippen molar-refractivity contribution >= 4 is 22.5 Å². The molecule has 0 aliphatic rings. The van der Waals surface area contributed by atoms with Crippen LogP contribution in [-0.4, -0.2) is 9.91 Å². The van der Waals surface area contributed by atoms with Gasteiger partial charge in [-0.3, -0.25) is 10.1 Å². The number of nitro benzene ring substituents is 1. The SMILES string of the molecule is Cc1ccc(-c2nc3cc([N+](=O)[O-])ccc3o2)cc1N. The summed E-state index contributed by atoms with van der Waals surface area (Å²) in [7, 11) is 0. The van der Waals surface area contributed by atoms with Gasteiger partial charge in [-0.05, 0) is 30.7 Å². The van der Waals surface area contributed by atoms with Crippen molar-refractivity contribution in [2.75, 3.05) is 5.73 Å². The van der Waals surface area contributed by atoms with Gasteiger partial charge < -0.3 is 10.2 Å². The fraction of sp³-hybridized carbons (Fsp3) is 0.0714. The van der Waals surface area contributed by atoms with Gasteiger partial charge in [-0.1, -0.05) is 6.07 Å². The Balaban J connectivity index is 2.12. The highest BCUT2D eigenvalue weighted by atomic mass is 16.6. The average molecular weight is 269 g/mol. The molecule has 0 saturated heterocycles. The van der Waals surface area contributed by atoms with Crippen molar-refractivity contribution in [1.82, 2.24) is 4.98 Å². The molecule has 0 unspecified atom stereocenters. The van der Waals surface area contributed by atoms with E-state index < -0.39 is 4.92 Å². The quantitative estimate of drug-likeness (QED) is 0.437. The van der Waals surface area contributed by atoms with Crippen molar-refractivity contribution in [3.63, 3.8) is 0 Å². The van der Waals surface area contributed by atoms with E-state index in [1.807, 2.05) is 19.1 Å². The first-order valence-corrected chi connectivity index (χ1v) is 5.96. The second-order valence-electron chi connectivity index (χ2n) is 4.50. The Bertz CT molecular complexity index is 824. The van der Waals surface area contributed by atoms with Crippen molar-refractivity contribution in [1.29, 1.82) is 0 Å². The molecule has 3 aromatic rings. The van der Waals surface area contributed by atoms with Gasteiger partial charge in [0.15, 0.2) is 5.58 Å². The molecule has 0 bridgehead atoms. The first-order chi connectivity index (χ1) is 9.54. The summed E-state index contributed by atoms with van der Waals surface area (Å²) in [4.78, 5) is 14.5. The Morgan fingerprint density at radius 3 is 2.75 bits per heavy atom. The summed E-state index contributed by atoms with van der Waals surface area (Å²) < 4.78 is 5.59. The molecule has 6 heteroatoms. The molecule has 2 N–H and O–H groups in total. The summed E-state index contributed by atoms with van der Waals surface area (Å²) >= 11 is 0. The van der Waals surface area contributed by atoms with Crippen LogP contribution in [0.5, 0.6) is 0 Å². The monoisotopic (exact) mass is 269 g/mol. The number of aromatic nitrogens is 1. The first-order valence-electron chi connectivity index (χ1n) is 5.96. The molecule has 6 nitrogen and oxygen atoms in total. The van der Waals surface area contributed by atoms with Gasteiger partial charge in [0.05, 0.1) is 4.92 Å². The lowest BCUT2D eigenvalue weighted by Crippen LogP contribution is -1.89. The van der Waals surface area contributed by atoms with Crippen molar-refractivity contribution in [2.45, 2.75) is 6.92 Å². The van der Waals surface area contributed by atoms with Gasteiger partial charge in [-0.25, -0.2) is 4.98 Å². The first kappa shape index (κ1) is 12.2. The minimum atomic E-state index is -0.461. The standard InChI is InChI=1S/C14H11N3O3/c1-8-2-3-9(6-11(8)15)14-16-12-7-10(17(18)19)4-5-13(12)20-14/h2-7H,15H2,1H3. The third kappa shape index (κ3) is 1.97. The lowest BCUT2D eigenvalue weighted by Gasteiger charge is -2.00. The third-order valence-corrected chi connectivity index (χ3v) is 3.11. The number of anilines is 1. The minimum Gasteiger partial charge on any atom is -0.436 e. The molecule has 0 radical (unpaired) electrons. The van der Waals surface area contributed by atoms with Crippen molar-refractivity contribution < 1.29 is 9.34 Å². The zero-order valence-electron chi connectivity index (χ0n) is 10.7. The van der Waals surface area contributed by atoms with E-state index in [4.69, 9.17) is 10.2 Å². The summed E-state index contributed by atoms with van der Waals surface area (Å²) in [6, 6.07) is 9.82. The van der Waals surface area contributed by atoms with E-state index in [-0.39, 0.29) is 5.69 Å². The van der Waals surface area contributed by atoms with Crippen LogP contribution in [0.1, 0.15) is 5.56 Å². The van der Waals surface area contributed by atoms with E-state index >= 15 is 0 Å². The van der Waals surface area contributed by atoms with Gasteiger partial charge in [0.25, 0.3) is 5.69 Å². The number of hydrogen-bond donors (Lipinski definition) is 1. The van der Waals surface area contributed by atoms with Gasteiger partial charge in [0.2, 0.25) is 5.89 Å². The predicted octanol–water partition coefficient (Wildman–Crippen LogP) is 3.29. The largest absolute Gasteiger partial charge is 0.436 e. The van der Waals surface area contributed by atoms with E-state index in [9.17, 15) is 10.1 Å². The molecular weight excluding hydrogens is 258 g/mol. The maximum absolute atomic E-state index is 10.7. The van der Waals surface area contributed by atoms with Crippen LogP contribution >= 0.6 is 0 Å². The minimum absolute atomic E-state index is 0.0132. The fourth-order valence-electron chi connectivity index (χ4n) is 1.93. The third-order valence-electron chi connectivity index (χ3n) is 3.11. The van der Waals surface area contributed by atoms with Gasteiger partial charge in [0.1, 0.15) is 5.52 Å². The summed E-state index contributed by atoms with van der Waals surface area (Å²) in [5.41, 5.74) is 9.16. The van der Waals surface area contributed by atoms with Crippen molar-refractivity contribution in [3.8, 4) is 11.5 Å². The van der Waals surface area contributed by atoms with E-state index in [0.717, 1.165) is 11.1 Å². The van der Waals surface area contributed by atoms with E-state index in [2.05, 4.69) is 4.98 Å². The number of aryl methyl sites for hydroxylation is 1. The van der Waals surface area contributed by atoms with E-state index in [1.165, 1.54) is 12.1 Å². The number of nitro groups is 1. The summed E-state index contributed by atoms with van der Waals surface area (Å²) in [5, 5.41) is 10.7. The highest BCUT2D eigenvalue weighted by molar-refractivity contribution is 5.79. The summed E-state index contributed by atoms with van der Waals surface area (Å²) in [6.07, 6.45) is 0.